The van der Waals surface area contributed by atoms with Crippen LogP contribution in [0.4, 0.5) is 0 Å². The number of allylic oxidation sites excluding steroid dienone is 1. The summed E-state index contributed by atoms with van der Waals surface area (Å²) in [7, 11) is 0. The molecule has 0 atom stereocenters. The van der Waals surface area contributed by atoms with Gasteiger partial charge in [-0.3, -0.25) is 0 Å². The van der Waals surface area contributed by atoms with Crippen molar-refractivity contribution in [3.63, 3.8) is 0 Å². The fourth-order valence-electron chi connectivity index (χ4n) is 1.85. The zero-order valence-electron chi connectivity index (χ0n) is 8.97. The second kappa shape index (κ2) is 7.14. The van der Waals surface area contributed by atoms with E-state index in [-0.39, 0.29) is 0 Å². The zero-order chi connectivity index (χ0) is 9.36. The third-order valence-corrected chi connectivity index (χ3v) is 2.70. The van der Waals surface area contributed by atoms with Crippen molar-refractivity contribution in [3.8, 4) is 0 Å². The molecule has 1 heterocycles. The maximum Gasteiger partial charge on any atom is 0.00159 e. The first-order chi connectivity index (χ1) is 6.43. The standard InChI is InChI=1S/C12H23N/c1-2-3-7-10-13-11-8-5-4-6-9-12-13/h4-5H,2-3,6-12H2,1H3/b5-4-. The first-order valence-electron chi connectivity index (χ1n) is 5.81. The van der Waals surface area contributed by atoms with E-state index in [0.29, 0.717) is 0 Å². The topological polar surface area (TPSA) is 3.24 Å². The van der Waals surface area contributed by atoms with E-state index >= 15 is 0 Å². The van der Waals surface area contributed by atoms with E-state index in [1.54, 1.807) is 0 Å². The number of hydrogen-bond donors (Lipinski definition) is 0. The third kappa shape index (κ3) is 5.09. The maximum atomic E-state index is 2.62. The average molecular weight is 181 g/mol. The van der Waals surface area contributed by atoms with Gasteiger partial charge in [0.1, 0.15) is 0 Å². The van der Waals surface area contributed by atoms with Crippen LogP contribution in [0.25, 0.3) is 0 Å². The molecule has 0 aromatic heterocycles. The molecule has 13 heavy (non-hydrogen) atoms. The van der Waals surface area contributed by atoms with Gasteiger partial charge in [-0.2, -0.15) is 0 Å². The molecule has 1 aliphatic rings. The summed E-state index contributed by atoms with van der Waals surface area (Å²) in [5, 5.41) is 0. The summed E-state index contributed by atoms with van der Waals surface area (Å²) in [6, 6.07) is 0. The number of nitrogens with zero attached hydrogens (tertiary/aromatic N) is 1. The van der Waals surface area contributed by atoms with E-state index in [4.69, 9.17) is 0 Å². The molecule has 0 saturated heterocycles. The molecule has 0 bridgehead atoms. The maximum absolute atomic E-state index is 2.62. The molecule has 1 aliphatic heterocycles. The quantitative estimate of drug-likeness (QED) is 0.475. The molecule has 0 amide bonds. The Morgan fingerprint density at radius 2 is 1.92 bits per heavy atom. The molecular formula is C12H23N. The molecule has 1 rings (SSSR count). The predicted molar refractivity (Wildman–Crippen MR) is 59.0 cm³/mol. The lowest BCUT2D eigenvalue weighted by Crippen LogP contribution is -2.27. The summed E-state index contributed by atoms with van der Waals surface area (Å²) < 4.78 is 0. The monoisotopic (exact) mass is 181 g/mol. The Balaban J connectivity index is 2.12. The Bertz CT molecular complexity index is 140. The molecule has 0 aromatic rings. The fraction of sp³-hybridized carbons (Fsp3) is 0.833. The Morgan fingerprint density at radius 1 is 1.08 bits per heavy atom. The average Bonchev–Trinajstić information content (AvgIpc) is 2.08. The van der Waals surface area contributed by atoms with Crippen molar-refractivity contribution >= 4 is 0 Å². The van der Waals surface area contributed by atoms with Crippen LogP contribution in [0.5, 0.6) is 0 Å². The van der Waals surface area contributed by atoms with Crippen molar-refractivity contribution in [1.82, 2.24) is 4.90 Å². The summed E-state index contributed by atoms with van der Waals surface area (Å²) >= 11 is 0. The number of unbranched alkanes of at least 4 members (excludes halogenated alkanes) is 2. The van der Waals surface area contributed by atoms with Crippen molar-refractivity contribution in [3.05, 3.63) is 12.2 Å². The van der Waals surface area contributed by atoms with Gasteiger partial charge in [0.25, 0.3) is 0 Å². The van der Waals surface area contributed by atoms with Gasteiger partial charge < -0.3 is 4.90 Å². The van der Waals surface area contributed by atoms with E-state index in [1.807, 2.05) is 0 Å². The molecule has 1 nitrogen and oxygen atoms in total. The molecule has 1 heteroatoms. The van der Waals surface area contributed by atoms with Crippen LogP contribution < -0.4 is 0 Å². The molecule has 0 spiro atoms. The van der Waals surface area contributed by atoms with Crippen molar-refractivity contribution in [1.29, 1.82) is 0 Å². The smallest absolute Gasteiger partial charge is 0.00159 e. The minimum absolute atomic E-state index is 1.26. The summed E-state index contributed by atoms with van der Waals surface area (Å²) in [5.41, 5.74) is 0. The summed E-state index contributed by atoms with van der Waals surface area (Å²) in [6.07, 6.45) is 12.7. The second-order valence-electron chi connectivity index (χ2n) is 3.95. The minimum atomic E-state index is 1.26. The highest BCUT2D eigenvalue weighted by Crippen LogP contribution is 2.06. The molecule has 0 N–H and O–H groups in total. The van der Waals surface area contributed by atoms with E-state index in [9.17, 15) is 0 Å². The highest BCUT2D eigenvalue weighted by molar-refractivity contribution is 4.85. The van der Waals surface area contributed by atoms with Gasteiger partial charge >= 0.3 is 0 Å². The lowest BCUT2D eigenvalue weighted by molar-refractivity contribution is 0.267. The second-order valence-corrected chi connectivity index (χ2v) is 3.95. The molecule has 0 fully saturated rings. The predicted octanol–water partition coefficient (Wildman–Crippen LogP) is 3.22. The highest BCUT2D eigenvalue weighted by atomic mass is 15.1. The molecule has 0 aromatic carbocycles. The Labute approximate surface area is 82.8 Å². The minimum Gasteiger partial charge on any atom is -0.303 e. The van der Waals surface area contributed by atoms with Crippen LogP contribution in [-0.2, 0) is 0 Å². The molecule has 0 radical (unpaired) electrons. The van der Waals surface area contributed by atoms with Crippen molar-refractivity contribution in [2.45, 2.75) is 45.4 Å². The van der Waals surface area contributed by atoms with Crippen LogP contribution in [0.1, 0.15) is 45.4 Å². The van der Waals surface area contributed by atoms with Gasteiger partial charge in [-0.15, -0.1) is 0 Å². The molecular weight excluding hydrogens is 158 g/mol. The van der Waals surface area contributed by atoms with Gasteiger partial charge in [0.2, 0.25) is 0 Å². The van der Waals surface area contributed by atoms with E-state index < -0.39 is 0 Å². The van der Waals surface area contributed by atoms with Crippen LogP contribution in [0.3, 0.4) is 0 Å². The van der Waals surface area contributed by atoms with Crippen LogP contribution in [0, 0.1) is 0 Å². The summed E-state index contributed by atoms with van der Waals surface area (Å²) in [6.45, 7) is 6.19. The Hall–Kier alpha value is -0.300. The first kappa shape index (κ1) is 10.8. The zero-order valence-corrected chi connectivity index (χ0v) is 8.97. The third-order valence-electron chi connectivity index (χ3n) is 2.70. The van der Waals surface area contributed by atoms with Crippen molar-refractivity contribution in [2.24, 2.45) is 0 Å². The van der Waals surface area contributed by atoms with Crippen LogP contribution in [0.15, 0.2) is 12.2 Å². The van der Waals surface area contributed by atoms with Gasteiger partial charge in [0.05, 0.1) is 0 Å². The van der Waals surface area contributed by atoms with Gasteiger partial charge in [-0.1, -0.05) is 31.9 Å². The van der Waals surface area contributed by atoms with E-state index in [0.717, 1.165) is 0 Å². The molecule has 0 saturated carbocycles. The normalized spacial score (nSPS) is 22.2. The largest absolute Gasteiger partial charge is 0.303 e. The van der Waals surface area contributed by atoms with E-state index in [2.05, 4.69) is 24.0 Å². The Morgan fingerprint density at radius 3 is 2.77 bits per heavy atom. The molecule has 76 valence electrons. The van der Waals surface area contributed by atoms with Crippen molar-refractivity contribution < 1.29 is 0 Å². The summed E-state index contributed by atoms with van der Waals surface area (Å²) in [5.74, 6) is 0. The van der Waals surface area contributed by atoms with Crippen LogP contribution in [0.2, 0.25) is 0 Å². The lowest BCUT2D eigenvalue weighted by atomic mass is 10.2. The molecule has 0 aliphatic carbocycles. The lowest BCUT2D eigenvalue weighted by Gasteiger charge is -2.22. The Kier molecular flexibility index (Phi) is 5.92. The fourth-order valence-corrected chi connectivity index (χ4v) is 1.85. The number of rotatable bonds is 4. The van der Waals surface area contributed by atoms with Gasteiger partial charge in [-0.05, 0) is 38.8 Å². The van der Waals surface area contributed by atoms with Gasteiger partial charge in [0.15, 0.2) is 0 Å². The first-order valence-corrected chi connectivity index (χ1v) is 5.81. The highest BCUT2D eigenvalue weighted by Gasteiger charge is 2.04. The number of hydrogen-bond acceptors (Lipinski definition) is 1. The summed E-state index contributed by atoms with van der Waals surface area (Å²) in [4.78, 5) is 2.62. The molecule has 0 unspecified atom stereocenters. The van der Waals surface area contributed by atoms with Crippen molar-refractivity contribution in [2.75, 3.05) is 19.6 Å². The van der Waals surface area contributed by atoms with Crippen LogP contribution in [-0.4, -0.2) is 24.5 Å². The van der Waals surface area contributed by atoms with Gasteiger partial charge in [0, 0.05) is 6.54 Å². The SMILES string of the molecule is CCCCCN1CC/C=C\CCC1. The van der Waals surface area contributed by atoms with E-state index in [1.165, 1.54) is 58.2 Å². The van der Waals surface area contributed by atoms with Gasteiger partial charge in [-0.25, -0.2) is 0 Å². The van der Waals surface area contributed by atoms with Crippen LogP contribution >= 0.6 is 0 Å².